The highest BCUT2D eigenvalue weighted by molar-refractivity contribution is 7.15. The molecule has 2 N–H and O–H groups in total. The molecule has 0 radical (unpaired) electrons. The van der Waals surface area contributed by atoms with Gasteiger partial charge in [-0.25, -0.2) is 0 Å². The minimum absolute atomic E-state index is 0.0891. The van der Waals surface area contributed by atoms with Crippen molar-refractivity contribution in [1.29, 1.82) is 0 Å². The number of benzene rings is 1. The summed E-state index contributed by atoms with van der Waals surface area (Å²) in [5, 5.41) is 14.4. The molecule has 1 aromatic carbocycles. The quantitative estimate of drug-likeness (QED) is 0.555. The number of rotatable bonds is 8. The molecule has 4 rings (SSSR count). The fourth-order valence-corrected chi connectivity index (χ4v) is 5.40. The van der Waals surface area contributed by atoms with Crippen LogP contribution in [0.25, 0.3) is 0 Å². The molecular formula is C24H31ClN6O3S. The number of likely N-dealkylation sites (tertiary alicyclic amines) is 2. The van der Waals surface area contributed by atoms with E-state index in [1.165, 1.54) is 19.3 Å². The lowest BCUT2D eigenvalue weighted by Crippen LogP contribution is -2.41. The fraction of sp³-hybridized carbons (Fsp3) is 0.542. The van der Waals surface area contributed by atoms with Gasteiger partial charge in [-0.1, -0.05) is 35.4 Å². The van der Waals surface area contributed by atoms with Crippen LogP contribution in [0, 0.1) is 5.92 Å². The van der Waals surface area contributed by atoms with E-state index < -0.39 is 5.91 Å². The van der Waals surface area contributed by atoms with E-state index in [1.807, 2.05) is 0 Å². The molecule has 11 heteroatoms. The molecule has 2 aliphatic heterocycles. The Balaban J connectivity index is 1.18. The molecule has 0 aliphatic carbocycles. The Morgan fingerprint density at radius 3 is 2.51 bits per heavy atom. The molecule has 9 nitrogen and oxygen atoms in total. The number of piperidine rings is 2. The Morgan fingerprint density at radius 2 is 1.77 bits per heavy atom. The lowest BCUT2D eigenvalue weighted by molar-refractivity contribution is -0.122. The number of carbonyl (C=O) groups is 3. The van der Waals surface area contributed by atoms with Crippen molar-refractivity contribution in [2.45, 2.75) is 38.5 Å². The molecule has 2 fully saturated rings. The van der Waals surface area contributed by atoms with E-state index in [1.54, 1.807) is 29.2 Å². The maximum Gasteiger partial charge on any atom is 0.286 e. The van der Waals surface area contributed by atoms with Crippen LogP contribution in [0.15, 0.2) is 24.3 Å². The van der Waals surface area contributed by atoms with Crippen LogP contribution < -0.4 is 10.6 Å². The summed E-state index contributed by atoms with van der Waals surface area (Å²) in [6.45, 7) is 5.00. The zero-order chi connectivity index (χ0) is 24.6. The molecule has 3 heterocycles. The molecular weight excluding hydrogens is 488 g/mol. The summed E-state index contributed by atoms with van der Waals surface area (Å²) in [5.41, 5.74) is 0.545. The minimum atomic E-state index is -0.436. The Morgan fingerprint density at radius 1 is 1.03 bits per heavy atom. The number of nitrogens with zero attached hydrogens (tertiary/aromatic N) is 4. The van der Waals surface area contributed by atoms with Crippen LogP contribution in [0.2, 0.25) is 5.02 Å². The number of anilines is 1. The van der Waals surface area contributed by atoms with Gasteiger partial charge in [0.2, 0.25) is 15.9 Å². The summed E-state index contributed by atoms with van der Waals surface area (Å²) >= 11 is 6.92. The number of carbonyl (C=O) groups excluding carboxylic acids is 3. The van der Waals surface area contributed by atoms with Crippen molar-refractivity contribution in [2.24, 2.45) is 5.92 Å². The number of hydrogen-bond acceptors (Lipinski definition) is 7. The average molecular weight is 519 g/mol. The molecule has 2 saturated heterocycles. The van der Waals surface area contributed by atoms with Gasteiger partial charge in [0, 0.05) is 43.3 Å². The third-order valence-electron chi connectivity index (χ3n) is 6.46. The van der Waals surface area contributed by atoms with Crippen LogP contribution in [-0.4, -0.2) is 77.0 Å². The van der Waals surface area contributed by atoms with Crippen LogP contribution in [-0.2, 0) is 4.79 Å². The van der Waals surface area contributed by atoms with Gasteiger partial charge in [-0.3, -0.25) is 14.4 Å². The van der Waals surface area contributed by atoms with Crippen molar-refractivity contribution in [3.8, 4) is 0 Å². The highest BCUT2D eigenvalue weighted by atomic mass is 35.5. The first kappa shape index (κ1) is 25.5. The maximum absolute atomic E-state index is 12.9. The predicted octanol–water partition coefficient (Wildman–Crippen LogP) is 3.29. The van der Waals surface area contributed by atoms with Crippen LogP contribution in [0.4, 0.5) is 5.69 Å². The van der Waals surface area contributed by atoms with Gasteiger partial charge in [0.1, 0.15) is 0 Å². The van der Waals surface area contributed by atoms with Crippen molar-refractivity contribution < 1.29 is 14.4 Å². The van der Waals surface area contributed by atoms with Gasteiger partial charge in [0.15, 0.2) is 0 Å². The van der Waals surface area contributed by atoms with Crippen molar-refractivity contribution >= 4 is 46.3 Å². The van der Waals surface area contributed by atoms with Crippen molar-refractivity contribution in [3.63, 3.8) is 0 Å². The normalized spacial score (nSPS) is 17.2. The first-order valence-electron chi connectivity index (χ1n) is 12.2. The molecule has 1 aromatic heterocycles. The Labute approximate surface area is 214 Å². The number of hydrogen-bond donors (Lipinski definition) is 2. The van der Waals surface area contributed by atoms with Crippen molar-refractivity contribution in [1.82, 2.24) is 25.3 Å². The van der Waals surface area contributed by atoms with E-state index in [2.05, 4.69) is 25.7 Å². The van der Waals surface area contributed by atoms with Gasteiger partial charge in [-0.15, -0.1) is 10.2 Å². The summed E-state index contributed by atoms with van der Waals surface area (Å²) in [6, 6.07) is 6.79. The molecule has 0 bridgehead atoms. The largest absolute Gasteiger partial charge is 0.355 e. The van der Waals surface area contributed by atoms with Crippen LogP contribution in [0.3, 0.4) is 0 Å². The van der Waals surface area contributed by atoms with E-state index in [0.29, 0.717) is 36.8 Å². The SMILES string of the molecule is O=C(CC1CCN(C(=O)c2nnc(C(=O)Nc3cccc(Cl)c3)s2)CC1)NCCN1CCCCC1. The second kappa shape index (κ2) is 12.4. The second-order valence-electron chi connectivity index (χ2n) is 9.07. The molecule has 2 aliphatic rings. The molecule has 188 valence electrons. The lowest BCUT2D eigenvalue weighted by atomic mass is 9.93. The Bertz CT molecular complexity index is 1030. The summed E-state index contributed by atoms with van der Waals surface area (Å²) in [4.78, 5) is 41.8. The van der Waals surface area contributed by atoms with Crippen molar-refractivity contribution in [2.75, 3.05) is 44.6 Å². The first-order chi connectivity index (χ1) is 17.0. The van der Waals surface area contributed by atoms with Crippen LogP contribution >= 0.6 is 22.9 Å². The van der Waals surface area contributed by atoms with E-state index in [-0.39, 0.29) is 27.7 Å². The second-order valence-corrected chi connectivity index (χ2v) is 10.5. The standard InChI is InChI=1S/C24H31ClN6O3S/c25-18-5-4-6-19(16-18)27-21(33)22-28-29-23(35-22)24(34)31-12-7-17(8-13-31)15-20(32)26-9-14-30-10-2-1-3-11-30/h4-6,16-17H,1-3,7-15H2,(H,26,32)(H,27,33). The number of nitrogens with one attached hydrogen (secondary N) is 2. The van der Waals surface area contributed by atoms with Gasteiger partial charge in [0.05, 0.1) is 0 Å². The van der Waals surface area contributed by atoms with E-state index >= 15 is 0 Å². The Hall–Kier alpha value is -2.56. The molecule has 0 unspecified atom stereocenters. The third-order valence-corrected chi connectivity index (χ3v) is 7.60. The number of halogens is 1. The van der Waals surface area contributed by atoms with Crippen LogP contribution in [0.1, 0.15) is 58.1 Å². The summed E-state index contributed by atoms with van der Waals surface area (Å²) < 4.78 is 0. The summed E-state index contributed by atoms with van der Waals surface area (Å²) in [7, 11) is 0. The summed E-state index contributed by atoms with van der Waals surface area (Å²) in [6.07, 6.45) is 5.84. The van der Waals surface area contributed by atoms with Gasteiger partial charge >= 0.3 is 0 Å². The van der Waals surface area contributed by atoms with E-state index in [9.17, 15) is 14.4 Å². The highest BCUT2D eigenvalue weighted by Gasteiger charge is 2.28. The fourth-order valence-electron chi connectivity index (χ4n) is 4.50. The smallest absolute Gasteiger partial charge is 0.286 e. The van der Waals surface area contributed by atoms with Gasteiger partial charge in [-0.2, -0.15) is 0 Å². The van der Waals surface area contributed by atoms with Gasteiger partial charge < -0.3 is 20.4 Å². The van der Waals surface area contributed by atoms with E-state index in [0.717, 1.165) is 43.8 Å². The average Bonchev–Trinajstić information content (AvgIpc) is 3.35. The lowest BCUT2D eigenvalue weighted by Gasteiger charge is -2.31. The number of aromatic nitrogens is 2. The topological polar surface area (TPSA) is 108 Å². The van der Waals surface area contributed by atoms with Crippen LogP contribution in [0.5, 0.6) is 0 Å². The third kappa shape index (κ3) is 7.46. The molecule has 0 saturated carbocycles. The molecule has 2 aromatic rings. The minimum Gasteiger partial charge on any atom is -0.355 e. The zero-order valence-electron chi connectivity index (χ0n) is 19.7. The molecule has 3 amide bonds. The molecule has 0 spiro atoms. The van der Waals surface area contributed by atoms with Gasteiger partial charge in [-0.05, 0) is 62.9 Å². The molecule has 0 atom stereocenters. The zero-order valence-corrected chi connectivity index (χ0v) is 21.2. The van der Waals surface area contributed by atoms with E-state index in [4.69, 9.17) is 11.6 Å². The first-order valence-corrected chi connectivity index (χ1v) is 13.4. The number of amides is 3. The maximum atomic E-state index is 12.9. The van der Waals surface area contributed by atoms with Crippen molar-refractivity contribution in [3.05, 3.63) is 39.3 Å². The molecule has 35 heavy (non-hydrogen) atoms. The monoisotopic (exact) mass is 518 g/mol. The highest BCUT2D eigenvalue weighted by Crippen LogP contribution is 2.23. The summed E-state index contributed by atoms with van der Waals surface area (Å²) in [5.74, 6) is -0.309. The predicted molar refractivity (Wildman–Crippen MR) is 136 cm³/mol. The van der Waals surface area contributed by atoms with Gasteiger partial charge in [0.25, 0.3) is 11.8 Å². The Kier molecular flexibility index (Phi) is 9.06.